The van der Waals surface area contributed by atoms with Gasteiger partial charge in [-0.1, -0.05) is 206 Å². The fourth-order valence-corrected chi connectivity index (χ4v) is 10.4. The molecule has 0 bridgehead atoms. The summed E-state index contributed by atoms with van der Waals surface area (Å²) in [5.74, 6) is 0. The van der Waals surface area contributed by atoms with Crippen molar-refractivity contribution in [1.29, 1.82) is 0 Å². The van der Waals surface area contributed by atoms with E-state index < -0.39 is 0 Å². The quantitative estimate of drug-likeness (QED) is 0.148. The van der Waals surface area contributed by atoms with Crippen LogP contribution in [0.15, 0.2) is 267 Å². The van der Waals surface area contributed by atoms with Crippen molar-refractivity contribution >= 4 is 71.2 Å². The van der Waals surface area contributed by atoms with Crippen LogP contribution in [-0.4, -0.2) is 4.57 Å². The minimum Gasteiger partial charge on any atom is -0.311 e. The molecule has 12 aromatic carbocycles. The first-order chi connectivity index (χ1) is 33.7. The summed E-state index contributed by atoms with van der Waals surface area (Å²) in [6.45, 7) is 0. The summed E-state index contributed by atoms with van der Waals surface area (Å²) in [6, 6.07) is 97.4. The molecule has 0 unspecified atom stereocenters. The average Bonchev–Trinajstić information content (AvgIpc) is 3.76. The zero-order valence-electron chi connectivity index (χ0n) is 37.3. The van der Waals surface area contributed by atoms with Gasteiger partial charge in [0, 0.05) is 38.9 Å². The van der Waals surface area contributed by atoms with E-state index in [4.69, 9.17) is 0 Å². The van der Waals surface area contributed by atoms with Crippen LogP contribution in [0, 0.1) is 0 Å². The Morgan fingerprint density at radius 2 is 0.691 bits per heavy atom. The van der Waals surface area contributed by atoms with E-state index in [1.165, 1.54) is 93.1 Å². The molecule has 1 aromatic heterocycles. The molecule has 0 atom stereocenters. The first-order valence-corrected chi connectivity index (χ1v) is 23.4. The van der Waals surface area contributed by atoms with E-state index in [9.17, 15) is 0 Å². The van der Waals surface area contributed by atoms with E-state index >= 15 is 0 Å². The lowest BCUT2D eigenvalue weighted by Gasteiger charge is -2.26. The fourth-order valence-electron chi connectivity index (χ4n) is 10.4. The minimum absolute atomic E-state index is 1.09. The summed E-state index contributed by atoms with van der Waals surface area (Å²) in [4.78, 5) is 2.37. The van der Waals surface area contributed by atoms with Gasteiger partial charge in [0.15, 0.2) is 0 Å². The van der Waals surface area contributed by atoms with Gasteiger partial charge in [-0.15, -0.1) is 0 Å². The van der Waals surface area contributed by atoms with Crippen LogP contribution in [0.4, 0.5) is 17.1 Å². The van der Waals surface area contributed by atoms with Gasteiger partial charge in [-0.3, -0.25) is 0 Å². The van der Waals surface area contributed by atoms with Crippen LogP contribution < -0.4 is 4.90 Å². The molecule has 0 saturated heterocycles. The van der Waals surface area contributed by atoms with E-state index in [0.29, 0.717) is 0 Å². The normalized spacial score (nSPS) is 11.5. The highest BCUT2D eigenvalue weighted by atomic mass is 15.1. The molecule has 2 nitrogen and oxygen atoms in total. The van der Waals surface area contributed by atoms with E-state index in [1.807, 2.05) is 0 Å². The first-order valence-electron chi connectivity index (χ1n) is 23.4. The first kappa shape index (κ1) is 39.4. The van der Waals surface area contributed by atoms with E-state index in [1.54, 1.807) is 0 Å². The zero-order chi connectivity index (χ0) is 45.0. The number of benzene rings is 12. The number of nitrogens with zero attached hydrogens (tertiary/aromatic N) is 2. The van der Waals surface area contributed by atoms with Gasteiger partial charge in [-0.05, 0) is 132 Å². The van der Waals surface area contributed by atoms with E-state index in [0.717, 1.165) is 28.3 Å². The topological polar surface area (TPSA) is 8.17 Å². The van der Waals surface area contributed by atoms with Crippen molar-refractivity contribution in [2.24, 2.45) is 0 Å². The standard InChI is InChI=1S/C66H44N2/c1-3-13-47(14-4-1)60-24-12-18-50-25-26-52(43-64(50)60)45-27-35-55(36-28-45)67(57-39-31-51(32-40-57)59-23-11-17-48-15-7-9-21-58(48)59)56-37-29-46(30-38-56)53-34-41-62-63-42-33-49-16-8-10-22-61(49)66(63)68(65(62)44-53)54-19-5-2-6-20-54/h1-44H. The summed E-state index contributed by atoms with van der Waals surface area (Å²) in [6.07, 6.45) is 0. The zero-order valence-corrected chi connectivity index (χ0v) is 37.3. The van der Waals surface area contributed by atoms with Crippen molar-refractivity contribution in [1.82, 2.24) is 4.57 Å². The maximum Gasteiger partial charge on any atom is 0.0619 e. The lowest BCUT2D eigenvalue weighted by Crippen LogP contribution is -2.09. The Morgan fingerprint density at radius 1 is 0.250 bits per heavy atom. The van der Waals surface area contributed by atoms with Crippen LogP contribution in [-0.2, 0) is 0 Å². The molecule has 0 amide bonds. The Hall–Kier alpha value is -8.98. The second-order valence-electron chi connectivity index (χ2n) is 17.7. The molecule has 2 heteroatoms. The van der Waals surface area contributed by atoms with Gasteiger partial charge in [0.1, 0.15) is 0 Å². The maximum atomic E-state index is 2.44. The van der Waals surface area contributed by atoms with Gasteiger partial charge >= 0.3 is 0 Å². The Labute approximate surface area is 395 Å². The van der Waals surface area contributed by atoms with Crippen LogP contribution in [0.3, 0.4) is 0 Å². The molecule has 13 aromatic rings. The van der Waals surface area contributed by atoms with E-state index in [2.05, 4.69) is 276 Å². The lowest BCUT2D eigenvalue weighted by molar-refractivity contribution is 1.19. The van der Waals surface area contributed by atoms with Crippen molar-refractivity contribution in [3.8, 4) is 50.2 Å². The van der Waals surface area contributed by atoms with E-state index in [-0.39, 0.29) is 0 Å². The molecule has 68 heavy (non-hydrogen) atoms. The summed E-state index contributed by atoms with van der Waals surface area (Å²) in [5.41, 5.74) is 16.5. The highest BCUT2D eigenvalue weighted by molar-refractivity contribution is 6.19. The van der Waals surface area contributed by atoms with Gasteiger partial charge in [-0.2, -0.15) is 0 Å². The smallest absolute Gasteiger partial charge is 0.0619 e. The van der Waals surface area contributed by atoms with Crippen LogP contribution in [0.1, 0.15) is 0 Å². The van der Waals surface area contributed by atoms with Crippen molar-refractivity contribution < 1.29 is 0 Å². The number of fused-ring (bicyclic) bond motifs is 7. The van der Waals surface area contributed by atoms with Gasteiger partial charge in [0.2, 0.25) is 0 Å². The third-order valence-corrected chi connectivity index (χ3v) is 13.8. The SMILES string of the molecule is c1ccc(-c2cccc3ccc(-c4ccc(N(c5ccc(-c6ccc7c8ccc9ccccc9c8n(-c8ccccc8)c7c6)cc5)c5ccc(-c6cccc7ccccc67)cc5)cc4)cc23)cc1. The number of anilines is 3. The van der Waals surface area contributed by atoms with Crippen LogP contribution in [0.5, 0.6) is 0 Å². The molecule has 0 aliphatic rings. The predicted molar refractivity (Wildman–Crippen MR) is 290 cm³/mol. The molecular weight excluding hydrogens is 821 g/mol. The van der Waals surface area contributed by atoms with Crippen molar-refractivity contribution in [2.75, 3.05) is 4.90 Å². The molecule has 0 aliphatic heterocycles. The summed E-state index contributed by atoms with van der Waals surface area (Å²) in [7, 11) is 0. The minimum atomic E-state index is 1.09. The molecule has 0 spiro atoms. The number of hydrogen-bond acceptors (Lipinski definition) is 1. The Kier molecular flexibility index (Phi) is 9.54. The summed E-state index contributed by atoms with van der Waals surface area (Å²) >= 11 is 0. The summed E-state index contributed by atoms with van der Waals surface area (Å²) < 4.78 is 2.44. The number of hydrogen-bond donors (Lipinski definition) is 0. The van der Waals surface area contributed by atoms with Crippen LogP contribution >= 0.6 is 0 Å². The third kappa shape index (κ3) is 6.82. The van der Waals surface area contributed by atoms with Gasteiger partial charge < -0.3 is 9.47 Å². The highest BCUT2D eigenvalue weighted by Gasteiger charge is 2.18. The maximum absolute atomic E-state index is 2.44. The largest absolute Gasteiger partial charge is 0.311 e. The molecule has 13 rings (SSSR count). The molecule has 0 N–H and O–H groups in total. The summed E-state index contributed by atoms with van der Waals surface area (Å²) in [5, 5.41) is 9.99. The van der Waals surface area contributed by atoms with Gasteiger partial charge in [-0.25, -0.2) is 0 Å². The van der Waals surface area contributed by atoms with Crippen molar-refractivity contribution in [2.45, 2.75) is 0 Å². The Bertz CT molecular complexity index is 3980. The monoisotopic (exact) mass is 864 g/mol. The van der Waals surface area contributed by atoms with Gasteiger partial charge in [0.05, 0.1) is 11.0 Å². The molecule has 0 saturated carbocycles. The molecular formula is C66H44N2. The lowest BCUT2D eigenvalue weighted by atomic mass is 9.95. The van der Waals surface area contributed by atoms with Crippen LogP contribution in [0.25, 0.3) is 104 Å². The fraction of sp³-hybridized carbons (Fsp3) is 0. The molecule has 0 radical (unpaired) electrons. The second kappa shape index (κ2) is 16.5. The number of para-hydroxylation sites is 1. The number of rotatable bonds is 8. The second-order valence-corrected chi connectivity index (χ2v) is 17.7. The average molecular weight is 865 g/mol. The molecule has 0 fully saturated rings. The van der Waals surface area contributed by atoms with Crippen molar-refractivity contribution in [3.63, 3.8) is 0 Å². The number of aromatic nitrogens is 1. The molecule has 0 aliphatic carbocycles. The van der Waals surface area contributed by atoms with Gasteiger partial charge in [0.25, 0.3) is 0 Å². The predicted octanol–water partition coefficient (Wildman–Crippen LogP) is 18.4. The third-order valence-electron chi connectivity index (χ3n) is 13.8. The Morgan fingerprint density at radius 3 is 1.35 bits per heavy atom. The molecule has 1 heterocycles. The van der Waals surface area contributed by atoms with Crippen LogP contribution in [0.2, 0.25) is 0 Å². The van der Waals surface area contributed by atoms with Crippen molar-refractivity contribution in [3.05, 3.63) is 267 Å². The highest BCUT2D eigenvalue weighted by Crippen LogP contribution is 2.42. The Balaban J connectivity index is 0.901. The molecule has 318 valence electrons.